The molecule has 2 aromatic carbocycles. The Morgan fingerprint density at radius 3 is 2.65 bits per heavy atom. The molecule has 0 bridgehead atoms. The Kier molecular flexibility index (Phi) is 3.39. The summed E-state index contributed by atoms with van der Waals surface area (Å²) in [6, 6.07) is 7.52. The first-order chi connectivity index (χ1) is 21.3. The van der Waals surface area contributed by atoms with Crippen molar-refractivity contribution in [3.8, 4) is 5.75 Å². The number of carbonyl (C=O) groups excluding carboxylic acids is 2. The van der Waals surface area contributed by atoms with E-state index in [0.717, 1.165) is 4.90 Å². The van der Waals surface area contributed by atoms with E-state index in [9.17, 15) is 9.59 Å². The van der Waals surface area contributed by atoms with Crippen LogP contribution in [0, 0.1) is 0 Å². The molecule has 0 aliphatic carbocycles. The number of hydrogen-bond acceptors (Lipinski definition) is 5. The molecule has 3 heterocycles. The van der Waals surface area contributed by atoms with Gasteiger partial charge in [0.15, 0.2) is 0 Å². The predicted molar refractivity (Wildman–Crippen MR) is 128 cm³/mol. The van der Waals surface area contributed by atoms with Crippen LogP contribution in [-0.4, -0.2) is 65.7 Å². The minimum absolute atomic E-state index is 0.0702. The number of ether oxygens (including phenoxy) is 2. The number of benzene rings is 2. The summed E-state index contributed by atoms with van der Waals surface area (Å²) in [6.07, 6.45) is -3.13. The number of carbonyl (C=O) groups is 2. The molecule has 1 atom stereocenters. The fraction of sp³-hybridized carbons (Fsp3) is 0.407. The number of hydrogen-bond donors (Lipinski definition) is 0. The third-order valence-electron chi connectivity index (χ3n) is 5.59. The normalized spacial score (nSPS) is 37.9. The minimum atomic E-state index is -3.17. The van der Waals surface area contributed by atoms with Gasteiger partial charge in [-0.3, -0.25) is 14.5 Å². The molecule has 0 radical (unpaired) electrons. The standard InChI is InChI=1S/C27H31N3O4/c1-19-6-11-24(27(32)28(19)2)30-17-23-22(26(30)31)4-3-5-25(23)34-18-21-9-7-20(8-10-21)16-29-12-14-33-15-13-29/h3-5,7-10,24H,1,6,11-18H2,2H3/t24-/m0/s1/i6D2,12D2,13D2,14D2,15D2,17D2,24D. The molecular formula is C27H31N3O4. The maximum Gasteiger partial charge on any atom is 0.255 e. The molecule has 0 N–H and O–H groups in total. The van der Waals surface area contributed by atoms with Crippen molar-refractivity contribution >= 4 is 11.8 Å². The molecule has 7 heteroatoms. The average molecular weight is 475 g/mol. The molecule has 3 aliphatic rings. The molecule has 7 nitrogen and oxygen atoms in total. The van der Waals surface area contributed by atoms with E-state index in [4.69, 9.17) is 22.6 Å². The lowest BCUT2D eigenvalue weighted by Crippen LogP contribution is -2.50. The van der Waals surface area contributed by atoms with Crippen molar-refractivity contribution in [1.82, 2.24) is 14.7 Å². The molecule has 2 fully saturated rings. The number of fused-ring (bicyclic) bond motifs is 1. The van der Waals surface area contributed by atoms with Gasteiger partial charge in [0.25, 0.3) is 5.91 Å². The average Bonchev–Trinajstić information content (AvgIpc) is 3.17. The van der Waals surface area contributed by atoms with Gasteiger partial charge in [0.1, 0.15) is 18.4 Å². The molecule has 0 unspecified atom stereocenters. The molecule has 0 spiro atoms. The van der Waals surface area contributed by atoms with Crippen LogP contribution >= 0.6 is 0 Å². The summed E-state index contributed by atoms with van der Waals surface area (Å²) in [4.78, 5) is 28.4. The van der Waals surface area contributed by atoms with E-state index < -0.39 is 69.8 Å². The summed E-state index contributed by atoms with van der Waals surface area (Å²) in [6.45, 7) is -12.3. The van der Waals surface area contributed by atoms with Crippen molar-refractivity contribution in [2.45, 2.75) is 38.5 Å². The first-order valence-electron chi connectivity index (χ1n) is 17.0. The lowest BCUT2D eigenvalue weighted by Gasteiger charge is -2.35. The Balaban J connectivity index is 1.37. The maximum absolute atomic E-state index is 13.5. The van der Waals surface area contributed by atoms with E-state index in [2.05, 4.69) is 11.3 Å². The fourth-order valence-electron chi connectivity index (χ4n) is 3.66. The first-order valence-corrected chi connectivity index (χ1v) is 10.5. The summed E-state index contributed by atoms with van der Waals surface area (Å²) in [5, 5.41) is 0. The molecular weight excluding hydrogens is 430 g/mol. The zero-order chi connectivity index (χ0) is 35.3. The van der Waals surface area contributed by atoms with E-state index in [1.54, 1.807) is 0 Å². The Morgan fingerprint density at radius 2 is 1.88 bits per heavy atom. The number of piperidine rings is 1. The van der Waals surface area contributed by atoms with Crippen LogP contribution in [0.15, 0.2) is 54.7 Å². The Bertz CT molecular complexity index is 1620. The van der Waals surface area contributed by atoms with Crippen LogP contribution < -0.4 is 4.74 Å². The highest BCUT2D eigenvalue weighted by molar-refractivity contribution is 6.02. The molecule has 2 saturated heterocycles. The predicted octanol–water partition coefficient (Wildman–Crippen LogP) is 3.19. The van der Waals surface area contributed by atoms with Crippen molar-refractivity contribution < 1.29 is 36.9 Å². The van der Waals surface area contributed by atoms with Gasteiger partial charge in [0.2, 0.25) is 5.91 Å². The first kappa shape index (κ1) is 12.0. The van der Waals surface area contributed by atoms with E-state index in [1.165, 1.54) is 49.5 Å². The van der Waals surface area contributed by atoms with Crippen LogP contribution in [0.1, 0.15) is 57.7 Å². The van der Waals surface area contributed by atoms with Gasteiger partial charge in [-0.2, -0.15) is 0 Å². The monoisotopic (exact) mass is 474 g/mol. The topological polar surface area (TPSA) is 62.3 Å². The van der Waals surface area contributed by atoms with Gasteiger partial charge in [-0.25, -0.2) is 0 Å². The molecule has 2 aromatic rings. The highest BCUT2D eigenvalue weighted by Crippen LogP contribution is 2.35. The molecule has 3 aliphatic heterocycles. The second-order valence-corrected chi connectivity index (χ2v) is 7.76. The van der Waals surface area contributed by atoms with Gasteiger partial charge >= 0.3 is 0 Å². The summed E-state index contributed by atoms with van der Waals surface area (Å²) < 4.78 is 118. The summed E-state index contributed by atoms with van der Waals surface area (Å²) in [5.41, 5.74) is 0.185. The van der Waals surface area contributed by atoms with Crippen molar-refractivity contribution in [2.75, 3.05) is 33.2 Å². The zero-order valence-electron chi connectivity index (χ0n) is 31.3. The molecule has 178 valence electrons. The van der Waals surface area contributed by atoms with E-state index in [0.29, 0.717) is 20.9 Å². The summed E-state index contributed by atoms with van der Waals surface area (Å²) >= 11 is 0. The van der Waals surface area contributed by atoms with Gasteiger partial charge < -0.3 is 19.3 Å². The fourth-order valence-corrected chi connectivity index (χ4v) is 3.66. The highest BCUT2D eigenvalue weighted by atomic mass is 16.5. The Morgan fingerprint density at radius 1 is 1.15 bits per heavy atom. The van der Waals surface area contributed by atoms with Crippen LogP contribution in [0.3, 0.4) is 0 Å². The smallest absolute Gasteiger partial charge is 0.255 e. The minimum Gasteiger partial charge on any atom is -0.489 e. The number of morpholine rings is 1. The molecule has 0 aromatic heterocycles. The number of allylic oxidation sites excluding steroid dienone is 1. The van der Waals surface area contributed by atoms with E-state index in [1.807, 2.05) is 0 Å². The Labute approximate surface area is 218 Å². The van der Waals surface area contributed by atoms with Crippen LogP contribution in [0.25, 0.3) is 0 Å². The third kappa shape index (κ3) is 4.45. The van der Waals surface area contributed by atoms with Gasteiger partial charge in [-0.15, -0.1) is 0 Å². The number of nitrogens with zero attached hydrogens (tertiary/aromatic N) is 3. The van der Waals surface area contributed by atoms with Crippen molar-refractivity contribution in [3.05, 3.63) is 77.0 Å². The zero-order valence-corrected chi connectivity index (χ0v) is 18.3. The van der Waals surface area contributed by atoms with Gasteiger partial charge in [0, 0.05) is 51.6 Å². The van der Waals surface area contributed by atoms with Gasteiger partial charge in [-0.1, -0.05) is 36.9 Å². The third-order valence-corrected chi connectivity index (χ3v) is 5.59. The Hall–Kier alpha value is -3.16. The van der Waals surface area contributed by atoms with Crippen LogP contribution in [0.5, 0.6) is 5.75 Å². The molecule has 0 saturated carbocycles. The second kappa shape index (κ2) is 9.60. The lowest BCUT2D eigenvalue weighted by molar-refractivity contribution is -0.135. The number of likely N-dealkylation sites (N-methyl/N-ethyl adjacent to an activating group) is 1. The van der Waals surface area contributed by atoms with Crippen molar-refractivity contribution in [1.29, 1.82) is 0 Å². The second-order valence-electron chi connectivity index (χ2n) is 7.76. The summed E-state index contributed by atoms with van der Waals surface area (Å²) in [7, 11) is 1.21. The van der Waals surface area contributed by atoms with Crippen LogP contribution in [0.2, 0.25) is 0 Å². The largest absolute Gasteiger partial charge is 0.489 e. The van der Waals surface area contributed by atoms with Crippen molar-refractivity contribution in [3.63, 3.8) is 0 Å². The summed E-state index contributed by atoms with van der Waals surface area (Å²) in [5.74, 6) is -2.08. The van der Waals surface area contributed by atoms with Crippen LogP contribution in [0.4, 0.5) is 0 Å². The van der Waals surface area contributed by atoms with Crippen molar-refractivity contribution in [2.24, 2.45) is 0 Å². The van der Waals surface area contributed by atoms with Gasteiger partial charge in [0.05, 0.1) is 29.2 Å². The molecule has 5 rings (SSSR count). The number of likely N-dealkylation sites (tertiary alicyclic amines) is 1. The number of amides is 2. The van der Waals surface area contributed by atoms with E-state index >= 15 is 0 Å². The maximum atomic E-state index is 13.5. The number of rotatable bonds is 6. The van der Waals surface area contributed by atoms with Gasteiger partial charge in [-0.05, 0) is 36.1 Å². The quantitative estimate of drug-likeness (QED) is 0.644. The van der Waals surface area contributed by atoms with Crippen LogP contribution in [-0.2, 0) is 29.2 Å². The molecule has 34 heavy (non-hydrogen) atoms. The van der Waals surface area contributed by atoms with E-state index in [-0.39, 0.29) is 29.2 Å². The SMILES string of the molecule is [2H]C1([2H])C[C@]([2H])(N2C(=O)c3cccc(OCc4ccc(CN5C([2H])([2H])C([2H])([2H])OC([2H])([2H])C5([2H])[2H])cc4)c3C2([2H])[2H])C(=O)N(C)C1=C. The highest BCUT2D eigenvalue weighted by Gasteiger charge is 2.40. The molecule has 2 amide bonds. The lowest BCUT2D eigenvalue weighted by atomic mass is 10.0.